The van der Waals surface area contributed by atoms with Gasteiger partial charge in [0.15, 0.2) is 0 Å². The molecule has 0 aliphatic carbocycles. The second-order valence-corrected chi connectivity index (χ2v) is 7.13. The van der Waals surface area contributed by atoms with E-state index >= 15 is 0 Å². The normalized spacial score (nSPS) is 10.6. The zero-order valence-electron chi connectivity index (χ0n) is 13.5. The largest absolute Gasteiger partial charge is 0.334 e. The number of rotatable bonds is 7. The van der Waals surface area contributed by atoms with Crippen molar-refractivity contribution in [2.75, 3.05) is 6.54 Å². The SMILES string of the molecule is C=CCN(Cc1ccccc1F)C(=O)Cc1csc(-c2ccsc2)n1. The van der Waals surface area contributed by atoms with Gasteiger partial charge in [-0.25, -0.2) is 9.37 Å². The Morgan fingerprint density at radius 3 is 2.84 bits per heavy atom. The molecule has 0 radical (unpaired) electrons. The molecule has 0 saturated heterocycles. The number of nitrogens with zero attached hydrogens (tertiary/aromatic N) is 2. The minimum Gasteiger partial charge on any atom is -0.334 e. The summed E-state index contributed by atoms with van der Waals surface area (Å²) >= 11 is 3.14. The van der Waals surface area contributed by atoms with E-state index < -0.39 is 0 Å². The molecule has 0 fully saturated rings. The molecule has 2 aromatic heterocycles. The van der Waals surface area contributed by atoms with Crippen LogP contribution in [-0.4, -0.2) is 22.3 Å². The smallest absolute Gasteiger partial charge is 0.229 e. The van der Waals surface area contributed by atoms with Crippen LogP contribution in [0.1, 0.15) is 11.3 Å². The molecular weight excluding hydrogens is 355 g/mol. The number of amides is 1. The summed E-state index contributed by atoms with van der Waals surface area (Å²) in [4.78, 5) is 18.8. The summed E-state index contributed by atoms with van der Waals surface area (Å²) in [5.74, 6) is -0.400. The highest BCUT2D eigenvalue weighted by Gasteiger charge is 2.17. The Kier molecular flexibility index (Phi) is 5.73. The molecule has 0 aliphatic heterocycles. The number of thiazole rings is 1. The van der Waals surface area contributed by atoms with Crippen molar-refractivity contribution < 1.29 is 9.18 Å². The predicted molar refractivity (Wildman–Crippen MR) is 101 cm³/mol. The molecule has 3 nitrogen and oxygen atoms in total. The molecule has 0 N–H and O–H groups in total. The number of hydrogen-bond acceptors (Lipinski definition) is 4. The first-order valence-corrected chi connectivity index (χ1v) is 9.58. The molecule has 0 spiro atoms. The van der Waals surface area contributed by atoms with Crippen LogP contribution in [0.25, 0.3) is 10.6 Å². The van der Waals surface area contributed by atoms with E-state index in [0.717, 1.165) is 16.3 Å². The van der Waals surface area contributed by atoms with Gasteiger partial charge in [0.25, 0.3) is 0 Å². The van der Waals surface area contributed by atoms with Gasteiger partial charge in [0, 0.05) is 35.0 Å². The number of hydrogen-bond donors (Lipinski definition) is 0. The third-order valence-electron chi connectivity index (χ3n) is 3.67. The van der Waals surface area contributed by atoms with Gasteiger partial charge >= 0.3 is 0 Å². The van der Waals surface area contributed by atoms with E-state index in [-0.39, 0.29) is 24.7 Å². The second-order valence-electron chi connectivity index (χ2n) is 5.49. The Hall–Kier alpha value is -2.31. The number of benzene rings is 1. The van der Waals surface area contributed by atoms with Crippen molar-refractivity contribution in [1.82, 2.24) is 9.88 Å². The maximum Gasteiger partial charge on any atom is 0.229 e. The molecule has 25 heavy (non-hydrogen) atoms. The Balaban J connectivity index is 1.71. The lowest BCUT2D eigenvalue weighted by Crippen LogP contribution is -2.32. The van der Waals surface area contributed by atoms with E-state index in [1.165, 1.54) is 17.4 Å². The number of thiophene rings is 1. The summed E-state index contributed by atoms with van der Waals surface area (Å²) < 4.78 is 13.9. The monoisotopic (exact) mass is 372 g/mol. The van der Waals surface area contributed by atoms with Crippen LogP contribution in [0.2, 0.25) is 0 Å². The third kappa shape index (κ3) is 4.41. The van der Waals surface area contributed by atoms with Crippen molar-refractivity contribution in [3.63, 3.8) is 0 Å². The van der Waals surface area contributed by atoms with Gasteiger partial charge in [-0.2, -0.15) is 11.3 Å². The maximum absolute atomic E-state index is 13.9. The van der Waals surface area contributed by atoms with Crippen LogP contribution >= 0.6 is 22.7 Å². The van der Waals surface area contributed by atoms with E-state index in [0.29, 0.717) is 12.1 Å². The van der Waals surface area contributed by atoms with Gasteiger partial charge in [0.05, 0.1) is 12.1 Å². The average Bonchev–Trinajstić information content (AvgIpc) is 3.27. The van der Waals surface area contributed by atoms with Crippen LogP contribution in [-0.2, 0) is 17.8 Å². The van der Waals surface area contributed by atoms with Gasteiger partial charge in [0.1, 0.15) is 10.8 Å². The van der Waals surface area contributed by atoms with Gasteiger partial charge in [0.2, 0.25) is 5.91 Å². The molecule has 3 rings (SSSR count). The summed E-state index contributed by atoms with van der Waals surface area (Å²) in [7, 11) is 0. The first-order valence-electron chi connectivity index (χ1n) is 7.76. The molecule has 0 saturated carbocycles. The van der Waals surface area contributed by atoms with E-state index in [4.69, 9.17) is 0 Å². The summed E-state index contributed by atoms with van der Waals surface area (Å²) in [6.45, 7) is 4.28. The van der Waals surface area contributed by atoms with Gasteiger partial charge in [-0.15, -0.1) is 17.9 Å². The van der Waals surface area contributed by atoms with Crippen molar-refractivity contribution in [3.05, 3.63) is 76.2 Å². The zero-order chi connectivity index (χ0) is 17.6. The third-order valence-corrected chi connectivity index (χ3v) is 5.30. The van der Waals surface area contributed by atoms with Crippen molar-refractivity contribution >= 4 is 28.6 Å². The minimum atomic E-state index is -0.308. The lowest BCUT2D eigenvalue weighted by molar-refractivity contribution is -0.130. The summed E-state index contributed by atoms with van der Waals surface area (Å²) in [5.41, 5.74) is 2.30. The number of carbonyl (C=O) groups is 1. The Morgan fingerprint density at radius 2 is 2.12 bits per heavy atom. The lowest BCUT2D eigenvalue weighted by atomic mass is 10.2. The predicted octanol–water partition coefficient (Wildman–Crippen LogP) is 4.77. The first kappa shape index (κ1) is 17.5. The van der Waals surface area contributed by atoms with Crippen molar-refractivity contribution in [3.8, 4) is 10.6 Å². The molecule has 0 bridgehead atoms. The summed E-state index contributed by atoms with van der Waals surface area (Å²) in [6, 6.07) is 8.51. The first-order chi connectivity index (χ1) is 12.2. The quantitative estimate of drug-likeness (QED) is 0.560. The molecule has 0 aliphatic rings. The Bertz CT molecular complexity index is 858. The van der Waals surface area contributed by atoms with Gasteiger partial charge in [-0.3, -0.25) is 4.79 Å². The van der Waals surface area contributed by atoms with E-state index in [1.54, 1.807) is 40.5 Å². The Morgan fingerprint density at radius 1 is 1.28 bits per heavy atom. The number of aromatic nitrogens is 1. The van der Waals surface area contributed by atoms with Crippen molar-refractivity contribution in [2.45, 2.75) is 13.0 Å². The molecule has 128 valence electrons. The van der Waals surface area contributed by atoms with E-state index in [1.807, 2.05) is 22.2 Å². The fourth-order valence-corrected chi connectivity index (χ4v) is 3.95. The van der Waals surface area contributed by atoms with Crippen LogP contribution in [0, 0.1) is 5.82 Å². The summed E-state index contributed by atoms with van der Waals surface area (Å²) in [6.07, 6.45) is 1.85. The highest BCUT2D eigenvalue weighted by atomic mass is 32.1. The van der Waals surface area contributed by atoms with Crippen LogP contribution in [0.3, 0.4) is 0 Å². The molecule has 2 heterocycles. The number of halogens is 1. The molecule has 0 atom stereocenters. The molecule has 0 unspecified atom stereocenters. The molecule has 1 amide bonds. The van der Waals surface area contributed by atoms with Crippen molar-refractivity contribution in [1.29, 1.82) is 0 Å². The van der Waals surface area contributed by atoms with Crippen LogP contribution in [0.4, 0.5) is 4.39 Å². The van der Waals surface area contributed by atoms with Crippen molar-refractivity contribution in [2.24, 2.45) is 0 Å². The van der Waals surface area contributed by atoms with Gasteiger partial charge in [-0.1, -0.05) is 24.3 Å². The van der Waals surface area contributed by atoms with Crippen LogP contribution in [0.15, 0.2) is 59.1 Å². The maximum atomic E-state index is 13.9. The fraction of sp³-hybridized carbons (Fsp3) is 0.158. The molecule has 1 aromatic carbocycles. The lowest BCUT2D eigenvalue weighted by Gasteiger charge is -2.21. The van der Waals surface area contributed by atoms with Gasteiger partial charge < -0.3 is 4.90 Å². The highest BCUT2D eigenvalue weighted by molar-refractivity contribution is 7.14. The molecule has 6 heteroatoms. The molecular formula is C19H17FN2OS2. The topological polar surface area (TPSA) is 33.2 Å². The highest BCUT2D eigenvalue weighted by Crippen LogP contribution is 2.26. The van der Waals surface area contributed by atoms with Crippen LogP contribution < -0.4 is 0 Å². The van der Waals surface area contributed by atoms with Gasteiger partial charge in [-0.05, 0) is 17.5 Å². The fourth-order valence-electron chi connectivity index (χ4n) is 2.42. The summed E-state index contributed by atoms with van der Waals surface area (Å²) in [5, 5.41) is 6.85. The van der Waals surface area contributed by atoms with Crippen LogP contribution in [0.5, 0.6) is 0 Å². The minimum absolute atomic E-state index is 0.0923. The second kappa shape index (κ2) is 8.18. The standard InChI is InChI=1S/C19H17FN2OS2/c1-2-8-22(11-14-5-3-4-6-17(14)20)18(23)10-16-13-25-19(21-16)15-7-9-24-12-15/h2-7,9,12-13H,1,8,10-11H2. The average molecular weight is 372 g/mol. The zero-order valence-corrected chi connectivity index (χ0v) is 15.2. The van der Waals surface area contributed by atoms with E-state index in [9.17, 15) is 9.18 Å². The van der Waals surface area contributed by atoms with E-state index in [2.05, 4.69) is 11.6 Å². The molecule has 3 aromatic rings. The Labute approximate surface area is 154 Å². The number of carbonyl (C=O) groups excluding carboxylic acids is 1.